The third-order valence-electron chi connectivity index (χ3n) is 5.16. The van der Waals surface area contributed by atoms with E-state index in [-0.39, 0.29) is 11.7 Å². The number of thioether (sulfide) groups is 2. The lowest BCUT2D eigenvalue weighted by Crippen LogP contribution is -2.49. The van der Waals surface area contributed by atoms with Gasteiger partial charge in [-0.1, -0.05) is 24.3 Å². The second kappa shape index (κ2) is 8.25. The van der Waals surface area contributed by atoms with Crippen LogP contribution in [-0.2, 0) is 10.3 Å². The van der Waals surface area contributed by atoms with Gasteiger partial charge in [0.1, 0.15) is 5.82 Å². The third kappa shape index (κ3) is 4.18. The van der Waals surface area contributed by atoms with Gasteiger partial charge in [-0.05, 0) is 48.2 Å². The molecule has 0 spiro atoms. The molecule has 0 aliphatic carbocycles. The van der Waals surface area contributed by atoms with Crippen LogP contribution in [0.5, 0.6) is 0 Å². The predicted molar refractivity (Wildman–Crippen MR) is 110 cm³/mol. The number of ether oxygens (including phenoxy) is 1. The number of benzene rings is 2. The molecule has 0 atom stereocenters. The summed E-state index contributed by atoms with van der Waals surface area (Å²) < 4.78 is 19.3. The molecule has 2 saturated heterocycles. The molecule has 2 fully saturated rings. The fraction of sp³-hybridized carbons (Fsp3) is 0.381. The standard InChI is InChI=1S/C21H22FNO2S2/c22-18-7-5-17(6-8-18)21(9-11-25-12-10-21)23-19(24)15-1-3-16(4-2-15)20-26-13-14-27-20/h1-8,20H,9-14H2,(H,23,24). The summed E-state index contributed by atoms with van der Waals surface area (Å²) in [6, 6.07) is 14.3. The highest BCUT2D eigenvalue weighted by molar-refractivity contribution is 8.19. The first-order valence-corrected chi connectivity index (χ1v) is 11.3. The summed E-state index contributed by atoms with van der Waals surface area (Å²) in [7, 11) is 0. The van der Waals surface area contributed by atoms with Crippen LogP contribution >= 0.6 is 23.5 Å². The minimum Gasteiger partial charge on any atom is -0.381 e. The summed E-state index contributed by atoms with van der Waals surface area (Å²) in [6.45, 7) is 1.15. The van der Waals surface area contributed by atoms with E-state index < -0.39 is 5.54 Å². The Morgan fingerprint density at radius 1 is 1.00 bits per heavy atom. The van der Waals surface area contributed by atoms with Gasteiger partial charge in [0.05, 0.1) is 10.1 Å². The topological polar surface area (TPSA) is 38.3 Å². The van der Waals surface area contributed by atoms with Gasteiger partial charge < -0.3 is 10.1 Å². The van der Waals surface area contributed by atoms with Gasteiger partial charge in [-0.3, -0.25) is 4.79 Å². The van der Waals surface area contributed by atoms with Crippen molar-refractivity contribution >= 4 is 29.4 Å². The number of hydrogen-bond acceptors (Lipinski definition) is 4. The molecule has 27 heavy (non-hydrogen) atoms. The molecule has 0 saturated carbocycles. The van der Waals surface area contributed by atoms with Crippen molar-refractivity contribution in [2.45, 2.75) is 23.0 Å². The van der Waals surface area contributed by atoms with Gasteiger partial charge >= 0.3 is 0 Å². The molecule has 2 aliphatic heterocycles. The minimum absolute atomic E-state index is 0.0977. The van der Waals surface area contributed by atoms with Crippen LogP contribution in [0.25, 0.3) is 0 Å². The highest BCUT2D eigenvalue weighted by Crippen LogP contribution is 2.45. The molecular weight excluding hydrogens is 381 g/mol. The minimum atomic E-state index is -0.515. The summed E-state index contributed by atoms with van der Waals surface area (Å²) >= 11 is 3.91. The molecule has 142 valence electrons. The molecule has 0 bridgehead atoms. The summed E-state index contributed by atoms with van der Waals surface area (Å²) in [5, 5.41) is 3.22. The molecule has 6 heteroatoms. The van der Waals surface area contributed by atoms with E-state index in [9.17, 15) is 9.18 Å². The van der Waals surface area contributed by atoms with E-state index in [0.717, 1.165) is 5.56 Å². The molecule has 0 unspecified atom stereocenters. The fourth-order valence-electron chi connectivity index (χ4n) is 3.61. The van der Waals surface area contributed by atoms with Crippen LogP contribution in [0.1, 0.15) is 38.9 Å². The molecular formula is C21H22FNO2S2. The van der Waals surface area contributed by atoms with Crippen molar-refractivity contribution in [3.8, 4) is 0 Å². The number of amides is 1. The van der Waals surface area contributed by atoms with Crippen LogP contribution in [0.4, 0.5) is 4.39 Å². The SMILES string of the molecule is O=C(NC1(c2ccc(F)cc2)CCOCC1)c1ccc(C2SCCS2)cc1. The number of carbonyl (C=O) groups is 1. The van der Waals surface area contributed by atoms with E-state index in [1.807, 2.05) is 35.7 Å². The molecule has 2 aliphatic rings. The molecule has 2 aromatic carbocycles. The zero-order valence-corrected chi connectivity index (χ0v) is 16.6. The van der Waals surface area contributed by atoms with E-state index in [4.69, 9.17) is 4.74 Å². The van der Waals surface area contributed by atoms with E-state index >= 15 is 0 Å². The molecule has 0 radical (unpaired) electrons. The Hall–Kier alpha value is -1.50. The smallest absolute Gasteiger partial charge is 0.251 e. The summed E-state index contributed by atoms with van der Waals surface area (Å²) in [5.74, 6) is 1.99. The third-order valence-corrected chi connectivity index (χ3v) is 8.27. The first-order chi connectivity index (χ1) is 13.2. The first-order valence-electron chi connectivity index (χ1n) is 9.16. The molecule has 3 nitrogen and oxygen atoms in total. The number of hydrogen-bond donors (Lipinski definition) is 1. The van der Waals surface area contributed by atoms with Crippen molar-refractivity contribution in [3.05, 3.63) is 71.0 Å². The van der Waals surface area contributed by atoms with Crippen LogP contribution < -0.4 is 5.32 Å². The Kier molecular flexibility index (Phi) is 5.76. The molecule has 1 N–H and O–H groups in total. The van der Waals surface area contributed by atoms with Crippen LogP contribution in [0.2, 0.25) is 0 Å². The maximum Gasteiger partial charge on any atom is 0.251 e. The van der Waals surface area contributed by atoms with Crippen LogP contribution in [0.3, 0.4) is 0 Å². The fourth-order valence-corrected chi connectivity index (χ4v) is 6.47. The largest absolute Gasteiger partial charge is 0.381 e. The summed E-state index contributed by atoms with van der Waals surface area (Å²) in [6.07, 6.45) is 1.36. The van der Waals surface area contributed by atoms with Gasteiger partial charge in [-0.15, -0.1) is 23.5 Å². The van der Waals surface area contributed by atoms with Crippen LogP contribution in [0, 0.1) is 5.82 Å². The average Bonchev–Trinajstić information content (AvgIpc) is 3.24. The van der Waals surface area contributed by atoms with E-state index in [1.165, 1.54) is 29.2 Å². The highest BCUT2D eigenvalue weighted by atomic mass is 32.2. The highest BCUT2D eigenvalue weighted by Gasteiger charge is 2.36. The second-order valence-corrected chi connectivity index (χ2v) is 9.58. The Labute approximate surface area is 167 Å². The number of halogens is 1. The lowest BCUT2D eigenvalue weighted by molar-refractivity contribution is 0.0345. The first kappa shape index (κ1) is 18.8. The number of rotatable bonds is 4. The maximum absolute atomic E-state index is 13.4. The van der Waals surface area contributed by atoms with Crippen molar-refractivity contribution in [2.24, 2.45) is 0 Å². The molecule has 0 aromatic heterocycles. The Morgan fingerprint density at radius 2 is 1.63 bits per heavy atom. The summed E-state index contributed by atoms with van der Waals surface area (Å²) in [5.41, 5.74) is 2.33. The van der Waals surface area contributed by atoms with Gasteiger partial charge in [0.15, 0.2) is 0 Å². The van der Waals surface area contributed by atoms with Crippen molar-refractivity contribution in [1.29, 1.82) is 0 Å². The number of nitrogens with one attached hydrogen (secondary N) is 1. The van der Waals surface area contributed by atoms with E-state index in [0.29, 0.717) is 36.2 Å². The zero-order valence-electron chi connectivity index (χ0n) is 14.9. The van der Waals surface area contributed by atoms with Crippen LogP contribution in [0.15, 0.2) is 48.5 Å². The number of carbonyl (C=O) groups excluding carboxylic acids is 1. The molecule has 2 aromatic rings. The van der Waals surface area contributed by atoms with Gasteiger partial charge in [0, 0.05) is 30.3 Å². The van der Waals surface area contributed by atoms with Gasteiger partial charge in [-0.25, -0.2) is 4.39 Å². The van der Waals surface area contributed by atoms with Crippen molar-refractivity contribution < 1.29 is 13.9 Å². The van der Waals surface area contributed by atoms with Crippen molar-refractivity contribution in [1.82, 2.24) is 5.32 Å². The van der Waals surface area contributed by atoms with E-state index in [2.05, 4.69) is 17.4 Å². The summed E-state index contributed by atoms with van der Waals surface area (Å²) in [4.78, 5) is 13.0. The van der Waals surface area contributed by atoms with Gasteiger partial charge in [0.2, 0.25) is 0 Å². The second-order valence-electron chi connectivity index (χ2n) is 6.85. The monoisotopic (exact) mass is 403 g/mol. The molecule has 1 amide bonds. The lowest BCUT2D eigenvalue weighted by Gasteiger charge is -2.38. The van der Waals surface area contributed by atoms with Crippen LogP contribution in [-0.4, -0.2) is 30.6 Å². The average molecular weight is 404 g/mol. The quantitative estimate of drug-likeness (QED) is 0.800. The van der Waals surface area contributed by atoms with Crippen molar-refractivity contribution in [3.63, 3.8) is 0 Å². The lowest BCUT2D eigenvalue weighted by atomic mass is 9.82. The maximum atomic E-state index is 13.4. The Bertz CT molecular complexity index is 783. The predicted octanol–water partition coefficient (Wildman–Crippen LogP) is 4.74. The van der Waals surface area contributed by atoms with Crippen molar-refractivity contribution in [2.75, 3.05) is 24.7 Å². The zero-order chi connectivity index (χ0) is 18.7. The van der Waals surface area contributed by atoms with Gasteiger partial charge in [0.25, 0.3) is 5.91 Å². The Morgan fingerprint density at radius 3 is 2.26 bits per heavy atom. The van der Waals surface area contributed by atoms with E-state index in [1.54, 1.807) is 12.1 Å². The molecule has 2 heterocycles. The normalized spacial score (nSPS) is 19.7. The Balaban J connectivity index is 1.53. The van der Waals surface area contributed by atoms with Gasteiger partial charge in [-0.2, -0.15) is 0 Å². The molecule has 4 rings (SSSR count).